The van der Waals surface area contributed by atoms with Crippen LogP contribution in [0.3, 0.4) is 0 Å². The number of aromatic nitrogens is 1. The largest absolute Gasteiger partial charge is 0.478 e. The fraction of sp³-hybridized carbons (Fsp3) is 0.625. The molecular weight excluding hydrogens is 252 g/mol. The second kappa shape index (κ2) is 6.73. The van der Waals surface area contributed by atoms with Crippen molar-refractivity contribution in [2.75, 3.05) is 5.32 Å². The van der Waals surface area contributed by atoms with E-state index in [2.05, 4.69) is 24.1 Å². The Labute approximate surface area is 120 Å². The lowest BCUT2D eigenvalue weighted by Crippen LogP contribution is -2.26. The molecule has 0 atom stereocenters. The molecule has 4 heteroatoms. The van der Waals surface area contributed by atoms with Crippen molar-refractivity contribution in [3.63, 3.8) is 0 Å². The number of hydrogen-bond acceptors (Lipinski definition) is 3. The molecule has 4 nitrogen and oxygen atoms in total. The number of pyridine rings is 1. The third-order valence-electron chi connectivity index (χ3n) is 4.00. The lowest BCUT2D eigenvalue weighted by Gasteiger charge is -2.27. The van der Waals surface area contributed by atoms with Crippen molar-refractivity contribution in [3.05, 3.63) is 23.4 Å². The van der Waals surface area contributed by atoms with E-state index in [0.29, 0.717) is 17.4 Å². The van der Waals surface area contributed by atoms with Crippen LogP contribution in [0.2, 0.25) is 0 Å². The highest BCUT2D eigenvalue weighted by Crippen LogP contribution is 2.26. The fourth-order valence-corrected chi connectivity index (χ4v) is 2.78. The van der Waals surface area contributed by atoms with Gasteiger partial charge in [-0.25, -0.2) is 9.78 Å². The zero-order valence-electron chi connectivity index (χ0n) is 12.4. The second-order valence-electron chi connectivity index (χ2n) is 5.89. The molecule has 0 aliphatic heterocycles. The predicted molar refractivity (Wildman–Crippen MR) is 80.2 cm³/mol. The van der Waals surface area contributed by atoms with Crippen LogP contribution in [0.4, 0.5) is 5.82 Å². The van der Waals surface area contributed by atoms with Gasteiger partial charge in [0, 0.05) is 11.7 Å². The topological polar surface area (TPSA) is 62.2 Å². The number of carboxylic acids is 1. The number of carbonyl (C=O) groups is 1. The third-order valence-corrected chi connectivity index (χ3v) is 4.00. The van der Waals surface area contributed by atoms with Gasteiger partial charge in [-0.05, 0) is 50.2 Å². The number of anilines is 1. The molecule has 0 radical (unpaired) electrons. The van der Waals surface area contributed by atoms with Crippen LogP contribution in [0.5, 0.6) is 0 Å². The first-order valence-corrected chi connectivity index (χ1v) is 7.59. The summed E-state index contributed by atoms with van der Waals surface area (Å²) in [4.78, 5) is 15.7. The van der Waals surface area contributed by atoms with Crippen LogP contribution in [0.15, 0.2) is 12.1 Å². The van der Waals surface area contributed by atoms with Gasteiger partial charge in [-0.15, -0.1) is 0 Å². The summed E-state index contributed by atoms with van der Waals surface area (Å²) in [5.41, 5.74) is 1.19. The van der Waals surface area contributed by atoms with Crippen LogP contribution >= 0.6 is 0 Å². The van der Waals surface area contributed by atoms with E-state index in [9.17, 15) is 9.90 Å². The Morgan fingerprint density at radius 1 is 1.35 bits per heavy atom. The van der Waals surface area contributed by atoms with Crippen molar-refractivity contribution in [2.45, 2.75) is 58.4 Å². The van der Waals surface area contributed by atoms with Crippen LogP contribution in [-0.2, 0) is 6.42 Å². The normalized spacial score (nSPS) is 22.5. The standard InChI is InChI=1S/C16H24N2O2/c1-3-4-14-9-12(16(19)20)10-15(18-14)17-13-7-5-11(2)6-8-13/h9-11,13H,3-8H2,1-2H3,(H,17,18)(H,19,20). The summed E-state index contributed by atoms with van der Waals surface area (Å²) in [5, 5.41) is 12.6. The molecular formula is C16H24N2O2. The molecule has 110 valence electrons. The van der Waals surface area contributed by atoms with Gasteiger partial charge in [0.1, 0.15) is 5.82 Å². The number of carboxylic acid groups (broad SMARTS) is 1. The smallest absolute Gasteiger partial charge is 0.335 e. The minimum atomic E-state index is -0.884. The fourth-order valence-electron chi connectivity index (χ4n) is 2.78. The molecule has 0 amide bonds. The van der Waals surface area contributed by atoms with Crippen LogP contribution in [0, 0.1) is 5.92 Å². The van der Waals surface area contributed by atoms with Gasteiger partial charge in [-0.2, -0.15) is 0 Å². The zero-order valence-corrected chi connectivity index (χ0v) is 12.4. The van der Waals surface area contributed by atoms with E-state index in [1.807, 2.05) is 0 Å². The van der Waals surface area contributed by atoms with Crippen molar-refractivity contribution in [1.82, 2.24) is 4.98 Å². The lowest BCUT2D eigenvalue weighted by atomic mass is 9.87. The first-order valence-electron chi connectivity index (χ1n) is 7.59. The predicted octanol–water partition coefficient (Wildman–Crippen LogP) is 3.72. The van der Waals surface area contributed by atoms with Crippen LogP contribution in [0.1, 0.15) is 62.0 Å². The van der Waals surface area contributed by atoms with Gasteiger partial charge in [0.2, 0.25) is 0 Å². The summed E-state index contributed by atoms with van der Waals surface area (Å²) in [6, 6.07) is 3.76. The third kappa shape index (κ3) is 3.95. The second-order valence-corrected chi connectivity index (χ2v) is 5.89. The maximum atomic E-state index is 11.2. The van der Waals surface area contributed by atoms with Gasteiger partial charge in [0.15, 0.2) is 0 Å². The number of hydrogen-bond donors (Lipinski definition) is 2. The summed E-state index contributed by atoms with van der Waals surface area (Å²) < 4.78 is 0. The van der Waals surface area contributed by atoms with Crippen molar-refractivity contribution < 1.29 is 9.90 Å². The van der Waals surface area contributed by atoms with Crippen LogP contribution in [0.25, 0.3) is 0 Å². The summed E-state index contributed by atoms with van der Waals surface area (Å²) in [6.45, 7) is 4.36. The quantitative estimate of drug-likeness (QED) is 0.860. The highest BCUT2D eigenvalue weighted by atomic mass is 16.4. The van der Waals surface area contributed by atoms with E-state index < -0.39 is 5.97 Å². The molecule has 1 aromatic heterocycles. The molecule has 1 aliphatic rings. The molecule has 2 N–H and O–H groups in total. The van der Waals surface area contributed by atoms with Crippen molar-refractivity contribution in [3.8, 4) is 0 Å². The van der Waals surface area contributed by atoms with Crippen molar-refractivity contribution in [1.29, 1.82) is 0 Å². The minimum Gasteiger partial charge on any atom is -0.478 e. The molecule has 20 heavy (non-hydrogen) atoms. The Hall–Kier alpha value is -1.58. The number of aromatic carboxylic acids is 1. The van der Waals surface area contributed by atoms with E-state index in [4.69, 9.17) is 0 Å². The van der Waals surface area contributed by atoms with Crippen molar-refractivity contribution in [2.24, 2.45) is 5.92 Å². The van der Waals surface area contributed by atoms with E-state index in [-0.39, 0.29) is 0 Å². The SMILES string of the molecule is CCCc1cc(C(=O)O)cc(NC2CCC(C)CC2)n1. The van der Waals surface area contributed by atoms with Crippen LogP contribution < -0.4 is 5.32 Å². The highest BCUT2D eigenvalue weighted by Gasteiger charge is 2.19. The van der Waals surface area contributed by atoms with E-state index in [0.717, 1.165) is 37.3 Å². The molecule has 1 saturated carbocycles. The number of aryl methyl sites for hydroxylation is 1. The average molecular weight is 276 g/mol. The molecule has 0 bridgehead atoms. The van der Waals surface area contributed by atoms with Crippen molar-refractivity contribution >= 4 is 11.8 Å². The van der Waals surface area contributed by atoms with Gasteiger partial charge in [-0.3, -0.25) is 0 Å². The zero-order chi connectivity index (χ0) is 14.5. The number of nitrogens with zero attached hydrogens (tertiary/aromatic N) is 1. The van der Waals surface area contributed by atoms with Gasteiger partial charge in [0.05, 0.1) is 5.56 Å². The average Bonchev–Trinajstić information content (AvgIpc) is 2.41. The molecule has 1 aliphatic carbocycles. The van der Waals surface area contributed by atoms with Gasteiger partial charge >= 0.3 is 5.97 Å². The summed E-state index contributed by atoms with van der Waals surface area (Å²) >= 11 is 0. The molecule has 0 unspecified atom stereocenters. The Bertz CT molecular complexity index is 466. The maximum absolute atomic E-state index is 11.2. The lowest BCUT2D eigenvalue weighted by molar-refractivity contribution is 0.0696. The van der Waals surface area contributed by atoms with E-state index >= 15 is 0 Å². The molecule has 0 spiro atoms. The molecule has 0 aromatic carbocycles. The summed E-state index contributed by atoms with van der Waals surface area (Å²) in [7, 11) is 0. The summed E-state index contributed by atoms with van der Waals surface area (Å²) in [5.74, 6) is 0.639. The molecule has 1 heterocycles. The van der Waals surface area contributed by atoms with Gasteiger partial charge in [-0.1, -0.05) is 20.3 Å². The Kier molecular flexibility index (Phi) is 4.99. The van der Waals surface area contributed by atoms with Gasteiger partial charge in [0.25, 0.3) is 0 Å². The first kappa shape index (κ1) is 14.8. The Morgan fingerprint density at radius 3 is 2.65 bits per heavy atom. The molecule has 2 rings (SSSR count). The summed E-state index contributed by atoms with van der Waals surface area (Å²) in [6.07, 6.45) is 6.54. The highest BCUT2D eigenvalue weighted by molar-refractivity contribution is 5.88. The number of nitrogens with one attached hydrogen (secondary N) is 1. The van der Waals surface area contributed by atoms with Crippen LogP contribution in [-0.4, -0.2) is 22.1 Å². The molecule has 0 saturated heterocycles. The molecule has 1 aromatic rings. The van der Waals surface area contributed by atoms with E-state index in [1.54, 1.807) is 12.1 Å². The Morgan fingerprint density at radius 2 is 2.05 bits per heavy atom. The monoisotopic (exact) mass is 276 g/mol. The molecule has 1 fully saturated rings. The van der Waals surface area contributed by atoms with Gasteiger partial charge < -0.3 is 10.4 Å². The number of rotatable bonds is 5. The van der Waals surface area contributed by atoms with E-state index in [1.165, 1.54) is 12.8 Å². The maximum Gasteiger partial charge on any atom is 0.335 e. The first-order chi connectivity index (χ1) is 9.58. The minimum absolute atomic E-state index is 0.329. The Balaban J connectivity index is 2.11.